The van der Waals surface area contributed by atoms with Crippen LogP contribution in [0.1, 0.15) is 56.4 Å². The highest BCUT2D eigenvalue weighted by atomic mass is 19.1. The molecular formula is C41H43FN8O5. The van der Waals surface area contributed by atoms with Gasteiger partial charge in [-0.1, -0.05) is 48.5 Å². The molecule has 284 valence electrons. The number of nitrogens with one attached hydrogen (secondary N) is 3. The molecule has 2 fully saturated rings. The summed E-state index contributed by atoms with van der Waals surface area (Å²) in [6.45, 7) is 2.60. The number of aromatic amines is 1. The van der Waals surface area contributed by atoms with E-state index in [9.17, 15) is 23.6 Å². The first-order valence-electron chi connectivity index (χ1n) is 18.5. The van der Waals surface area contributed by atoms with Gasteiger partial charge in [-0.05, 0) is 59.7 Å². The topological polar surface area (TPSA) is 176 Å². The third-order valence-electron chi connectivity index (χ3n) is 9.96. The molecule has 2 aromatic heterocycles. The number of hydrogen-bond acceptors (Lipinski definition) is 9. The number of anilines is 1. The van der Waals surface area contributed by atoms with E-state index >= 15 is 0 Å². The van der Waals surface area contributed by atoms with Crippen LogP contribution in [0.25, 0.3) is 21.9 Å². The van der Waals surface area contributed by atoms with Crippen LogP contribution in [0.5, 0.6) is 0 Å². The van der Waals surface area contributed by atoms with Gasteiger partial charge in [0.25, 0.3) is 17.4 Å². The lowest BCUT2D eigenvalue weighted by Gasteiger charge is -2.35. The fourth-order valence-corrected chi connectivity index (χ4v) is 6.77. The van der Waals surface area contributed by atoms with Crippen LogP contribution >= 0.6 is 0 Å². The number of rotatable bonds is 14. The highest BCUT2D eigenvalue weighted by Crippen LogP contribution is 2.41. The minimum absolute atomic E-state index is 0.0487. The maximum Gasteiger partial charge on any atom is 0.272 e. The fraction of sp³-hybridized carbons (Fsp3) is 0.317. The van der Waals surface area contributed by atoms with Crippen molar-refractivity contribution in [2.45, 2.75) is 25.2 Å². The van der Waals surface area contributed by atoms with Crippen molar-refractivity contribution in [1.82, 2.24) is 35.6 Å². The lowest BCUT2D eigenvalue weighted by Crippen LogP contribution is -2.52. The van der Waals surface area contributed by atoms with Gasteiger partial charge in [0, 0.05) is 62.8 Å². The monoisotopic (exact) mass is 746 g/mol. The number of aromatic nitrogens is 3. The van der Waals surface area contributed by atoms with Crippen LogP contribution in [-0.4, -0.2) is 102 Å². The first-order valence-corrected chi connectivity index (χ1v) is 18.5. The number of carbonyl (C=O) groups excluding carboxylic acids is 3. The number of piperazine rings is 1. The van der Waals surface area contributed by atoms with Crippen molar-refractivity contribution in [2.24, 2.45) is 0 Å². The zero-order valence-electron chi connectivity index (χ0n) is 30.4. The number of halogens is 1. The van der Waals surface area contributed by atoms with Gasteiger partial charge in [-0.2, -0.15) is 5.10 Å². The van der Waals surface area contributed by atoms with Gasteiger partial charge in [-0.15, -0.1) is 0 Å². The summed E-state index contributed by atoms with van der Waals surface area (Å²) in [5.74, 6) is -0.923. The molecule has 0 unspecified atom stereocenters. The Hall–Kier alpha value is -5.99. The SMILES string of the molecule is Nc1cc(-c2cccc(C3CC3)c2)cnc1C(=O)NCCOCCNCC(=O)N1CCN(C(=O)c2cc(Cc3n[nH]c(=O)c4ccccc34)ccc2F)CC1. The molecule has 14 heteroatoms. The summed E-state index contributed by atoms with van der Waals surface area (Å²) in [5, 5.41) is 13.7. The van der Waals surface area contributed by atoms with Gasteiger partial charge >= 0.3 is 0 Å². The summed E-state index contributed by atoms with van der Waals surface area (Å²) >= 11 is 0. The molecule has 3 amide bonds. The molecule has 0 bridgehead atoms. The van der Waals surface area contributed by atoms with Crippen LogP contribution in [-0.2, 0) is 16.0 Å². The largest absolute Gasteiger partial charge is 0.397 e. The van der Waals surface area contributed by atoms with E-state index in [0.717, 1.165) is 11.1 Å². The number of amides is 3. The van der Waals surface area contributed by atoms with Crippen molar-refractivity contribution in [2.75, 3.05) is 64.8 Å². The zero-order valence-corrected chi connectivity index (χ0v) is 30.4. The van der Waals surface area contributed by atoms with Crippen molar-refractivity contribution in [3.05, 3.63) is 123 Å². The van der Waals surface area contributed by atoms with Crippen molar-refractivity contribution < 1.29 is 23.5 Å². The second-order valence-electron chi connectivity index (χ2n) is 13.8. The number of nitrogens with two attached hydrogens (primary N) is 1. The molecule has 2 aliphatic rings. The molecule has 0 radical (unpaired) electrons. The van der Waals surface area contributed by atoms with E-state index in [1.165, 1.54) is 30.5 Å². The van der Waals surface area contributed by atoms with Gasteiger partial charge < -0.3 is 30.9 Å². The van der Waals surface area contributed by atoms with E-state index in [1.54, 1.807) is 40.3 Å². The molecule has 1 aliphatic heterocycles. The highest BCUT2D eigenvalue weighted by Gasteiger charge is 2.27. The smallest absolute Gasteiger partial charge is 0.272 e. The molecule has 55 heavy (non-hydrogen) atoms. The van der Waals surface area contributed by atoms with Gasteiger partial charge in [0.2, 0.25) is 5.91 Å². The highest BCUT2D eigenvalue weighted by molar-refractivity contribution is 5.98. The lowest BCUT2D eigenvalue weighted by atomic mass is 10.0. The van der Waals surface area contributed by atoms with Crippen LogP contribution in [0.15, 0.2) is 83.8 Å². The molecule has 1 saturated heterocycles. The Balaban J connectivity index is 0.791. The van der Waals surface area contributed by atoms with Gasteiger partial charge in [0.1, 0.15) is 5.82 Å². The summed E-state index contributed by atoms with van der Waals surface area (Å²) < 4.78 is 20.5. The minimum Gasteiger partial charge on any atom is -0.397 e. The second kappa shape index (κ2) is 17.0. The maximum absolute atomic E-state index is 14.9. The van der Waals surface area contributed by atoms with Crippen LogP contribution < -0.4 is 21.9 Å². The molecule has 5 N–H and O–H groups in total. The summed E-state index contributed by atoms with van der Waals surface area (Å²) in [4.78, 5) is 58.6. The number of ether oxygens (including phenoxy) is 1. The number of carbonyl (C=O) groups is 3. The molecule has 7 rings (SSSR count). The molecule has 5 aromatic rings. The van der Waals surface area contributed by atoms with E-state index < -0.39 is 11.7 Å². The molecule has 1 saturated carbocycles. The number of fused-ring (bicyclic) bond motifs is 1. The van der Waals surface area contributed by atoms with E-state index in [4.69, 9.17) is 10.5 Å². The third kappa shape index (κ3) is 9.04. The predicted molar refractivity (Wildman–Crippen MR) is 206 cm³/mol. The predicted octanol–water partition coefficient (Wildman–Crippen LogP) is 3.50. The lowest BCUT2D eigenvalue weighted by molar-refractivity contribution is -0.131. The van der Waals surface area contributed by atoms with Gasteiger partial charge in [0.05, 0.1) is 42.1 Å². The molecule has 0 atom stereocenters. The Kier molecular flexibility index (Phi) is 11.5. The Bertz CT molecular complexity index is 2270. The van der Waals surface area contributed by atoms with Crippen LogP contribution in [0.2, 0.25) is 0 Å². The third-order valence-corrected chi connectivity index (χ3v) is 9.96. The normalized spacial score (nSPS) is 14.3. The van der Waals surface area contributed by atoms with Crippen LogP contribution in [0, 0.1) is 5.82 Å². The van der Waals surface area contributed by atoms with Crippen molar-refractivity contribution >= 4 is 34.2 Å². The Morgan fingerprint density at radius 1 is 0.891 bits per heavy atom. The fourth-order valence-electron chi connectivity index (χ4n) is 6.77. The second-order valence-corrected chi connectivity index (χ2v) is 13.8. The standard InChI is InChI=1S/C41H43FN8O5/c42-34-11-8-26(21-36-31-6-1-2-7-32(31)39(52)48-47-36)20-33(34)41(54)50-16-14-49(15-17-50)37(51)25-44-12-18-55-19-13-45-40(53)38-35(43)23-30(24-46-38)29-5-3-4-28(22-29)27-9-10-27/h1-8,11,20,22-24,27,44H,9-10,12-19,21,25,43H2,(H,45,53)(H,48,52). The average Bonchev–Trinajstić information content (AvgIpc) is 4.07. The quantitative estimate of drug-likeness (QED) is 0.124. The molecule has 1 aliphatic carbocycles. The van der Waals surface area contributed by atoms with Gasteiger partial charge in [0.15, 0.2) is 5.69 Å². The summed E-state index contributed by atoms with van der Waals surface area (Å²) in [6.07, 6.45) is 4.41. The number of pyridine rings is 1. The van der Waals surface area contributed by atoms with Crippen molar-refractivity contribution in [1.29, 1.82) is 0 Å². The summed E-state index contributed by atoms with van der Waals surface area (Å²) in [7, 11) is 0. The number of nitrogen functional groups attached to an aromatic ring is 1. The Morgan fingerprint density at radius 3 is 2.44 bits per heavy atom. The number of benzene rings is 3. The number of H-pyrrole nitrogens is 1. The summed E-state index contributed by atoms with van der Waals surface area (Å²) in [5.41, 5.74) is 10.8. The van der Waals surface area contributed by atoms with Crippen LogP contribution in [0.3, 0.4) is 0 Å². The van der Waals surface area contributed by atoms with Crippen molar-refractivity contribution in [3.63, 3.8) is 0 Å². The molecule has 13 nitrogen and oxygen atoms in total. The van der Waals surface area contributed by atoms with Crippen molar-refractivity contribution in [3.8, 4) is 11.1 Å². The van der Waals surface area contributed by atoms with E-state index in [0.29, 0.717) is 66.3 Å². The van der Waals surface area contributed by atoms with Gasteiger partial charge in [-0.3, -0.25) is 19.2 Å². The maximum atomic E-state index is 14.9. The Labute approximate surface area is 317 Å². The first kappa shape index (κ1) is 37.3. The zero-order chi connectivity index (χ0) is 38.3. The van der Waals surface area contributed by atoms with Gasteiger partial charge in [-0.25, -0.2) is 14.5 Å². The van der Waals surface area contributed by atoms with Crippen LogP contribution in [0.4, 0.5) is 10.1 Å². The van der Waals surface area contributed by atoms with E-state index in [1.807, 2.05) is 24.3 Å². The molecule has 0 spiro atoms. The first-order chi connectivity index (χ1) is 26.7. The average molecular weight is 747 g/mol. The molecule has 3 heterocycles. The minimum atomic E-state index is -0.627. The Morgan fingerprint density at radius 2 is 1.65 bits per heavy atom. The van der Waals surface area contributed by atoms with E-state index in [-0.39, 0.29) is 61.4 Å². The van der Waals surface area contributed by atoms with E-state index in [2.05, 4.69) is 37.9 Å². The number of nitrogens with zero attached hydrogens (tertiary/aromatic N) is 4. The number of hydrogen-bond donors (Lipinski definition) is 4. The molecular weight excluding hydrogens is 704 g/mol. The summed E-state index contributed by atoms with van der Waals surface area (Å²) in [6, 6.07) is 21.6. The molecule has 3 aromatic carbocycles.